The molecule has 2 heterocycles. The number of hydrogen-bond acceptors (Lipinski definition) is 2. The molecule has 3 nitrogen and oxygen atoms in total. The molecule has 2 atom stereocenters. The van der Waals surface area contributed by atoms with E-state index in [9.17, 15) is 4.79 Å². The first-order chi connectivity index (χ1) is 6.25. The third kappa shape index (κ3) is 2.44. The van der Waals surface area contributed by atoms with Gasteiger partial charge in [0.1, 0.15) is 0 Å². The van der Waals surface area contributed by atoms with Gasteiger partial charge < -0.3 is 10.2 Å². The summed E-state index contributed by atoms with van der Waals surface area (Å²) >= 11 is 0. The van der Waals surface area contributed by atoms with Gasteiger partial charge >= 0.3 is 0 Å². The van der Waals surface area contributed by atoms with E-state index in [0.717, 1.165) is 13.1 Å². The molecule has 0 aromatic rings. The van der Waals surface area contributed by atoms with Crippen molar-refractivity contribution in [3.63, 3.8) is 0 Å². The highest BCUT2D eigenvalue weighted by molar-refractivity contribution is 5.73. The summed E-state index contributed by atoms with van der Waals surface area (Å²) in [5.41, 5.74) is 0. The molecule has 0 aromatic heterocycles. The minimum atomic E-state index is 0.225. The first kappa shape index (κ1) is 10.5. The van der Waals surface area contributed by atoms with E-state index in [1.807, 2.05) is 18.7 Å². The van der Waals surface area contributed by atoms with Crippen molar-refractivity contribution in [3.05, 3.63) is 0 Å². The number of fused-ring (bicyclic) bond motifs is 2. The van der Waals surface area contributed by atoms with Crippen molar-refractivity contribution in [1.82, 2.24) is 10.2 Å². The van der Waals surface area contributed by atoms with Gasteiger partial charge in [0.2, 0.25) is 5.91 Å². The molecular formula is C10H20N2O. The second kappa shape index (κ2) is 4.61. The van der Waals surface area contributed by atoms with Gasteiger partial charge in [-0.15, -0.1) is 0 Å². The van der Waals surface area contributed by atoms with Crippen LogP contribution in [0.15, 0.2) is 0 Å². The highest BCUT2D eigenvalue weighted by Gasteiger charge is 2.32. The minimum absolute atomic E-state index is 0.225. The minimum Gasteiger partial charge on any atom is -0.340 e. The number of carbonyl (C=O) groups is 1. The van der Waals surface area contributed by atoms with Crippen molar-refractivity contribution >= 4 is 5.91 Å². The van der Waals surface area contributed by atoms with Crippen LogP contribution >= 0.6 is 0 Å². The third-order valence-electron chi connectivity index (χ3n) is 2.66. The van der Waals surface area contributed by atoms with Gasteiger partial charge in [-0.2, -0.15) is 0 Å². The fraction of sp³-hybridized carbons (Fsp3) is 0.900. The highest BCUT2D eigenvalue weighted by Crippen LogP contribution is 2.19. The van der Waals surface area contributed by atoms with Crippen LogP contribution in [0.25, 0.3) is 0 Å². The molecule has 1 amide bonds. The van der Waals surface area contributed by atoms with Crippen LogP contribution in [-0.2, 0) is 4.79 Å². The molecule has 0 spiro atoms. The van der Waals surface area contributed by atoms with Crippen LogP contribution in [0.3, 0.4) is 0 Å². The number of piperazine rings is 1. The number of nitrogens with zero attached hydrogens (tertiary/aromatic N) is 1. The molecule has 3 heteroatoms. The maximum Gasteiger partial charge on any atom is 0.219 e. The molecule has 0 aromatic carbocycles. The Morgan fingerprint density at radius 2 is 1.69 bits per heavy atom. The summed E-state index contributed by atoms with van der Waals surface area (Å²) in [4.78, 5) is 13.0. The molecule has 2 saturated heterocycles. The summed E-state index contributed by atoms with van der Waals surface area (Å²) in [6.45, 7) is 7.50. The van der Waals surface area contributed by atoms with E-state index in [2.05, 4.69) is 5.32 Å². The Labute approximate surface area is 80.5 Å². The van der Waals surface area contributed by atoms with E-state index < -0.39 is 0 Å². The monoisotopic (exact) mass is 184 g/mol. The Morgan fingerprint density at radius 1 is 1.23 bits per heavy atom. The van der Waals surface area contributed by atoms with Gasteiger partial charge in [0, 0.05) is 32.1 Å². The molecule has 2 aliphatic rings. The molecule has 1 N–H and O–H groups in total. The molecule has 2 unspecified atom stereocenters. The van der Waals surface area contributed by atoms with E-state index in [1.165, 1.54) is 12.8 Å². The first-order valence-electron chi connectivity index (χ1n) is 5.27. The van der Waals surface area contributed by atoms with E-state index in [1.54, 1.807) is 6.92 Å². The quantitative estimate of drug-likeness (QED) is 0.609. The van der Waals surface area contributed by atoms with Gasteiger partial charge in [-0.3, -0.25) is 4.79 Å². The predicted molar refractivity (Wildman–Crippen MR) is 53.5 cm³/mol. The lowest BCUT2D eigenvalue weighted by Crippen LogP contribution is -2.52. The number of likely N-dealkylation sites (tertiary alicyclic amines) is 1. The molecule has 0 radical (unpaired) electrons. The van der Waals surface area contributed by atoms with Gasteiger partial charge in [-0.1, -0.05) is 13.8 Å². The Bertz CT molecular complexity index is 170. The largest absolute Gasteiger partial charge is 0.340 e. The maximum absolute atomic E-state index is 11.0. The first-order valence-corrected chi connectivity index (χ1v) is 5.27. The standard InChI is InChI=1S/C8H14N2O.C2H6/c1-6(11)10-4-7-2-3-8(5-10)9-7;1-2/h7-9H,2-5H2,1H3;1-2H3. The van der Waals surface area contributed by atoms with E-state index in [0.29, 0.717) is 12.1 Å². The van der Waals surface area contributed by atoms with Gasteiger partial charge in [0.05, 0.1) is 0 Å². The number of carbonyl (C=O) groups excluding carboxylic acids is 1. The summed E-state index contributed by atoms with van der Waals surface area (Å²) in [5.74, 6) is 0.225. The zero-order chi connectivity index (χ0) is 9.84. The van der Waals surface area contributed by atoms with Crippen LogP contribution in [0.4, 0.5) is 0 Å². The Balaban J connectivity index is 0.000000396. The van der Waals surface area contributed by atoms with Gasteiger partial charge in [0.25, 0.3) is 0 Å². The summed E-state index contributed by atoms with van der Waals surface area (Å²) in [5, 5.41) is 3.48. The van der Waals surface area contributed by atoms with Crippen LogP contribution in [-0.4, -0.2) is 36.0 Å². The molecule has 13 heavy (non-hydrogen) atoms. The summed E-state index contributed by atoms with van der Waals surface area (Å²) in [6.07, 6.45) is 2.49. The van der Waals surface area contributed by atoms with Gasteiger partial charge in [-0.25, -0.2) is 0 Å². The molecule has 0 aliphatic carbocycles. The highest BCUT2D eigenvalue weighted by atomic mass is 16.2. The molecule has 2 bridgehead atoms. The van der Waals surface area contributed by atoms with Crippen molar-refractivity contribution in [3.8, 4) is 0 Å². The number of amides is 1. The van der Waals surface area contributed by atoms with Crippen LogP contribution in [0, 0.1) is 0 Å². The normalized spacial score (nSPS) is 30.8. The SMILES string of the molecule is CC.CC(=O)N1CC2CCC(C1)N2. The van der Waals surface area contributed by atoms with Crippen LogP contribution < -0.4 is 5.32 Å². The Hall–Kier alpha value is -0.570. The van der Waals surface area contributed by atoms with Crippen LogP contribution in [0.2, 0.25) is 0 Å². The average molecular weight is 184 g/mol. The second-order valence-electron chi connectivity index (χ2n) is 3.56. The summed E-state index contributed by atoms with van der Waals surface area (Å²) in [7, 11) is 0. The van der Waals surface area contributed by atoms with Crippen molar-refractivity contribution < 1.29 is 4.79 Å². The number of nitrogens with one attached hydrogen (secondary N) is 1. The second-order valence-corrected chi connectivity index (χ2v) is 3.56. The number of hydrogen-bond donors (Lipinski definition) is 1. The predicted octanol–water partition coefficient (Wildman–Crippen LogP) is 0.995. The van der Waals surface area contributed by atoms with E-state index in [4.69, 9.17) is 0 Å². The van der Waals surface area contributed by atoms with E-state index >= 15 is 0 Å². The molecule has 2 rings (SSSR count). The van der Waals surface area contributed by atoms with Crippen molar-refractivity contribution in [2.24, 2.45) is 0 Å². The van der Waals surface area contributed by atoms with E-state index in [-0.39, 0.29) is 5.91 Å². The summed E-state index contributed by atoms with van der Waals surface area (Å²) in [6, 6.07) is 1.16. The smallest absolute Gasteiger partial charge is 0.219 e. The van der Waals surface area contributed by atoms with Crippen LogP contribution in [0.5, 0.6) is 0 Å². The Morgan fingerprint density at radius 3 is 2.08 bits per heavy atom. The zero-order valence-electron chi connectivity index (χ0n) is 8.84. The number of rotatable bonds is 0. The Kier molecular flexibility index (Phi) is 3.72. The molecular weight excluding hydrogens is 164 g/mol. The van der Waals surface area contributed by atoms with Crippen molar-refractivity contribution in [2.45, 2.75) is 45.7 Å². The lowest BCUT2D eigenvalue weighted by molar-refractivity contribution is -0.130. The lowest BCUT2D eigenvalue weighted by atomic mass is 10.2. The molecule has 76 valence electrons. The zero-order valence-corrected chi connectivity index (χ0v) is 8.84. The topological polar surface area (TPSA) is 32.3 Å². The maximum atomic E-state index is 11.0. The summed E-state index contributed by atoms with van der Waals surface area (Å²) < 4.78 is 0. The van der Waals surface area contributed by atoms with Gasteiger partial charge in [0.15, 0.2) is 0 Å². The third-order valence-corrected chi connectivity index (χ3v) is 2.66. The molecule has 0 saturated carbocycles. The fourth-order valence-electron chi connectivity index (χ4n) is 2.05. The molecule has 2 aliphatic heterocycles. The average Bonchev–Trinajstić information content (AvgIpc) is 2.48. The molecule has 2 fully saturated rings. The van der Waals surface area contributed by atoms with Crippen molar-refractivity contribution in [2.75, 3.05) is 13.1 Å². The lowest BCUT2D eigenvalue weighted by Gasteiger charge is -2.31. The van der Waals surface area contributed by atoms with Gasteiger partial charge in [-0.05, 0) is 12.8 Å². The fourth-order valence-corrected chi connectivity index (χ4v) is 2.05. The van der Waals surface area contributed by atoms with Crippen LogP contribution in [0.1, 0.15) is 33.6 Å². The van der Waals surface area contributed by atoms with Crippen molar-refractivity contribution in [1.29, 1.82) is 0 Å².